The summed E-state index contributed by atoms with van der Waals surface area (Å²) in [6, 6.07) is 11.7. The lowest BCUT2D eigenvalue weighted by molar-refractivity contribution is -0.385. The Kier molecular flexibility index (Phi) is 6.51. The van der Waals surface area contributed by atoms with Crippen LogP contribution in [0.1, 0.15) is 16.1 Å². The second-order valence-corrected chi connectivity index (χ2v) is 8.11. The highest BCUT2D eigenvalue weighted by Crippen LogP contribution is 2.37. The molecule has 0 aliphatic heterocycles. The van der Waals surface area contributed by atoms with E-state index >= 15 is 0 Å². The van der Waals surface area contributed by atoms with Crippen LogP contribution >= 0.6 is 11.3 Å². The molecule has 0 radical (unpaired) electrons. The first-order chi connectivity index (χ1) is 16.8. The number of thiazole rings is 1. The van der Waals surface area contributed by atoms with Gasteiger partial charge in [-0.2, -0.15) is 0 Å². The molecule has 35 heavy (non-hydrogen) atoms. The zero-order valence-corrected chi connectivity index (χ0v) is 19.2. The lowest BCUT2D eigenvalue weighted by Gasteiger charge is -2.20. The molecule has 2 aromatic heterocycles. The highest BCUT2D eigenvalue weighted by atomic mass is 32.1. The SMILES string of the molecule is COc1cc(C(=O)N(Cc2ccccn2)c2nc3ccc([N+](=O)[O-])cc3s2)c([N+](=O)[O-])cc1OC. The van der Waals surface area contributed by atoms with Gasteiger partial charge in [-0.15, -0.1) is 0 Å². The summed E-state index contributed by atoms with van der Waals surface area (Å²) in [5, 5.41) is 23.2. The molecule has 4 rings (SSSR count). The van der Waals surface area contributed by atoms with Crippen molar-refractivity contribution >= 4 is 44.0 Å². The number of benzene rings is 2. The van der Waals surface area contributed by atoms with E-state index in [0.717, 1.165) is 17.4 Å². The first kappa shape index (κ1) is 23.5. The van der Waals surface area contributed by atoms with Crippen molar-refractivity contribution in [3.8, 4) is 11.5 Å². The van der Waals surface area contributed by atoms with E-state index in [4.69, 9.17) is 9.47 Å². The molecule has 12 nitrogen and oxygen atoms in total. The van der Waals surface area contributed by atoms with Crippen LogP contribution in [0.15, 0.2) is 54.7 Å². The Hall–Kier alpha value is -4.65. The fraction of sp³-hybridized carbons (Fsp3) is 0.136. The van der Waals surface area contributed by atoms with Gasteiger partial charge in [0.25, 0.3) is 17.3 Å². The molecule has 1 amide bonds. The number of amides is 1. The second-order valence-electron chi connectivity index (χ2n) is 7.10. The normalized spacial score (nSPS) is 10.7. The van der Waals surface area contributed by atoms with Gasteiger partial charge in [-0.3, -0.25) is 34.9 Å². The molecule has 0 unspecified atom stereocenters. The fourth-order valence-corrected chi connectivity index (χ4v) is 4.34. The van der Waals surface area contributed by atoms with Crippen molar-refractivity contribution in [2.24, 2.45) is 0 Å². The fourth-order valence-electron chi connectivity index (χ4n) is 3.35. The maximum atomic E-state index is 13.8. The van der Waals surface area contributed by atoms with Crippen molar-refractivity contribution < 1.29 is 24.1 Å². The molecule has 0 bridgehead atoms. The molecule has 0 fully saturated rings. The van der Waals surface area contributed by atoms with Crippen molar-refractivity contribution in [3.63, 3.8) is 0 Å². The lowest BCUT2D eigenvalue weighted by atomic mass is 10.1. The first-order valence-corrected chi connectivity index (χ1v) is 10.8. The number of carbonyl (C=O) groups is 1. The Morgan fingerprint density at radius 2 is 1.77 bits per heavy atom. The van der Waals surface area contributed by atoms with Gasteiger partial charge in [0.1, 0.15) is 5.56 Å². The average Bonchev–Trinajstić information content (AvgIpc) is 3.29. The van der Waals surface area contributed by atoms with Crippen LogP contribution in [0.2, 0.25) is 0 Å². The zero-order valence-electron chi connectivity index (χ0n) is 18.4. The predicted octanol–water partition coefficient (Wildman–Crippen LogP) is 4.37. The van der Waals surface area contributed by atoms with E-state index in [2.05, 4.69) is 9.97 Å². The molecule has 13 heteroatoms. The summed E-state index contributed by atoms with van der Waals surface area (Å²) in [5.41, 5.74) is 0.112. The number of hydrogen-bond donors (Lipinski definition) is 0. The smallest absolute Gasteiger partial charge is 0.286 e. The Morgan fingerprint density at radius 3 is 2.40 bits per heavy atom. The van der Waals surface area contributed by atoms with Crippen LogP contribution in [0.25, 0.3) is 10.2 Å². The molecule has 0 spiro atoms. The van der Waals surface area contributed by atoms with Crippen LogP contribution in [-0.4, -0.2) is 39.9 Å². The summed E-state index contributed by atoms with van der Waals surface area (Å²) in [7, 11) is 2.68. The topological polar surface area (TPSA) is 151 Å². The summed E-state index contributed by atoms with van der Waals surface area (Å²) in [6.45, 7) is -0.0485. The largest absolute Gasteiger partial charge is 0.493 e. The molecule has 178 valence electrons. The van der Waals surface area contributed by atoms with Crippen LogP contribution in [0.5, 0.6) is 11.5 Å². The Labute approximate surface area is 201 Å². The zero-order chi connectivity index (χ0) is 25.1. The molecule has 0 saturated carbocycles. The highest BCUT2D eigenvalue weighted by molar-refractivity contribution is 7.22. The molecule has 0 atom stereocenters. The van der Waals surface area contributed by atoms with Crippen molar-refractivity contribution in [2.75, 3.05) is 19.1 Å². The van der Waals surface area contributed by atoms with E-state index < -0.39 is 21.4 Å². The van der Waals surface area contributed by atoms with Gasteiger partial charge in [0, 0.05) is 24.4 Å². The monoisotopic (exact) mass is 495 g/mol. The quantitative estimate of drug-likeness (QED) is 0.256. The first-order valence-electron chi connectivity index (χ1n) is 9.99. The number of nitro groups is 2. The minimum absolute atomic E-state index is 0.0485. The van der Waals surface area contributed by atoms with E-state index in [0.29, 0.717) is 15.9 Å². The highest BCUT2D eigenvalue weighted by Gasteiger charge is 2.31. The number of rotatable bonds is 8. The molecule has 0 saturated heterocycles. The molecule has 4 aromatic rings. The van der Waals surface area contributed by atoms with Crippen molar-refractivity contribution in [1.82, 2.24) is 9.97 Å². The molecule has 0 aliphatic rings. The number of anilines is 1. The van der Waals surface area contributed by atoms with Gasteiger partial charge in [-0.05, 0) is 18.2 Å². The minimum atomic E-state index is -0.725. The van der Waals surface area contributed by atoms with Crippen molar-refractivity contribution in [3.05, 3.63) is 86.2 Å². The van der Waals surface area contributed by atoms with Gasteiger partial charge in [0.05, 0.1) is 52.6 Å². The van der Waals surface area contributed by atoms with E-state index in [1.165, 1.54) is 43.4 Å². The van der Waals surface area contributed by atoms with E-state index in [1.807, 2.05) is 0 Å². The number of fused-ring (bicyclic) bond motifs is 1. The van der Waals surface area contributed by atoms with Gasteiger partial charge in [0.2, 0.25) is 0 Å². The van der Waals surface area contributed by atoms with Gasteiger partial charge in [0.15, 0.2) is 16.6 Å². The maximum Gasteiger partial charge on any atom is 0.286 e. The van der Waals surface area contributed by atoms with Gasteiger partial charge in [-0.25, -0.2) is 4.98 Å². The summed E-state index contributed by atoms with van der Waals surface area (Å²) >= 11 is 1.05. The molecule has 0 N–H and O–H groups in total. The lowest BCUT2D eigenvalue weighted by Crippen LogP contribution is -2.31. The van der Waals surface area contributed by atoms with Crippen LogP contribution in [0.4, 0.5) is 16.5 Å². The minimum Gasteiger partial charge on any atom is -0.493 e. The summed E-state index contributed by atoms with van der Waals surface area (Å²) in [5.74, 6) is -0.490. The van der Waals surface area contributed by atoms with Gasteiger partial charge >= 0.3 is 0 Å². The number of carbonyl (C=O) groups excluding carboxylic acids is 1. The molecular weight excluding hydrogens is 478 g/mol. The average molecular weight is 495 g/mol. The number of ether oxygens (including phenoxy) is 2. The predicted molar refractivity (Wildman–Crippen MR) is 127 cm³/mol. The van der Waals surface area contributed by atoms with Crippen molar-refractivity contribution in [1.29, 1.82) is 0 Å². The van der Waals surface area contributed by atoms with Crippen LogP contribution in [0.3, 0.4) is 0 Å². The Bertz CT molecular complexity index is 1440. The molecule has 0 aliphatic carbocycles. The molecule has 2 aromatic carbocycles. The molecule has 2 heterocycles. The Balaban J connectivity index is 1.86. The van der Waals surface area contributed by atoms with Crippen molar-refractivity contribution in [2.45, 2.75) is 6.54 Å². The van der Waals surface area contributed by atoms with E-state index in [9.17, 15) is 25.0 Å². The number of nitrogens with zero attached hydrogens (tertiary/aromatic N) is 5. The van der Waals surface area contributed by atoms with Crippen LogP contribution in [-0.2, 0) is 6.54 Å². The van der Waals surface area contributed by atoms with E-state index in [-0.39, 0.29) is 34.4 Å². The number of methoxy groups -OCH3 is 2. The Morgan fingerprint density at radius 1 is 1.03 bits per heavy atom. The number of hydrogen-bond acceptors (Lipinski definition) is 10. The number of non-ortho nitro benzene ring substituents is 1. The summed E-state index contributed by atoms with van der Waals surface area (Å²) < 4.78 is 10.9. The van der Waals surface area contributed by atoms with Crippen LogP contribution < -0.4 is 14.4 Å². The number of nitro benzene ring substituents is 2. The second kappa shape index (κ2) is 9.69. The standard InChI is InChI=1S/C22H17N5O7S/c1-33-18-10-15(17(27(31)32)11-19(18)34-2)21(28)25(12-13-5-3-4-8-23-13)22-24-16-7-6-14(26(29)30)9-20(16)35-22/h3-11H,12H2,1-2H3. The summed E-state index contributed by atoms with van der Waals surface area (Å²) in [6.07, 6.45) is 1.55. The summed E-state index contributed by atoms with van der Waals surface area (Å²) in [4.78, 5) is 45.5. The molecular formula is C22H17N5O7S. The van der Waals surface area contributed by atoms with Crippen LogP contribution in [0, 0.1) is 20.2 Å². The van der Waals surface area contributed by atoms with Gasteiger partial charge in [-0.1, -0.05) is 17.4 Å². The third-order valence-electron chi connectivity index (χ3n) is 5.02. The third kappa shape index (κ3) is 4.70. The number of aromatic nitrogens is 2. The van der Waals surface area contributed by atoms with Gasteiger partial charge < -0.3 is 9.47 Å². The third-order valence-corrected chi connectivity index (χ3v) is 6.06. The number of pyridine rings is 1. The van der Waals surface area contributed by atoms with E-state index in [1.54, 1.807) is 24.4 Å². The maximum absolute atomic E-state index is 13.8.